The number of hydrogen-bond donors (Lipinski definition) is 2. The van der Waals surface area contributed by atoms with Crippen molar-refractivity contribution in [2.75, 3.05) is 16.8 Å². The van der Waals surface area contributed by atoms with E-state index in [0.717, 1.165) is 15.7 Å². The summed E-state index contributed by atoms with van der Waals surface area (Å²) in [4.78, 5) is 13.3. The zero-order valence-corrected chi connectivity index (χ0v) is 17.4. The molecule has 3 aromatic carbocycles. The Morgan fingerprint density at radius 2 is 1.86 bits per heavy atom. The van der Waals surface area contributed by atoms with Gasteiger partial charge in [-0.15, -0.1) is 11.8 Å². The van der Waals surface area contributed by atoms with Gasteiger partial charge in [0.05, 0.1) is 22.1 Å². The summed E-state index contributed by atoms with van der Waals surface area (Å²) < 4.78 is 24.0. The average Bonchev–Trinajstić information content (AvgIpc) is 2.68. The maximum absolute atomic E-state index is 12.4. The summed E-state index contributed by atoms with van der Waals surface area (Å²) in [7, 11) is -3.44. The zero-order chi connectivity index (χ0) is 20.3. The largest absolute Gasteiger partial charge is 0.506 e. The highest BCUT2D eigenvalue weighted by atomic mass is 35.5. The van der Waals surface area contributed by atoms with E-state index in [2.05, 4.69) is 5.32 Å². The fraction of sp³-hybridized carbons (Fsp3) is 0.150. The van der Waals surface area contributed by atoms with Crippen molar-refractivity contribution in [3.05, 3.63) is 59.6 Å². The molecule has 0 saturated carbocycles. The van der Waals surface area contributed by atoms with Gasteiger partial charge in [0, 0.05) is 15.3 Å². The quantitative estimate of drug-likeness (QED) is 0.432. The first-order valence-corrected chi connectivity index (χ1v) is 11.5. The highest BCUT2D eigenvalue weighted by Gasteiger charge is 2.16. The number of phenols is 1. The number of thioether (sulfide) groups is 1. The number of amides is 1. The molecule has 1 amide bonds. The number of phenolic OH excluding ortho intramolecular Hbond substituents is 1. The molecule has 146 valence electrons. The zero-order valence-electron chi connectivity index (χ0n) is 15.0. The molecule has 0 atom stereocenters. The molecule has 0 unspecified atom stereocenters. The van der Waals surface area contributed by atoms with Crippen molar-refractivity contribution in [2.24, 2.45) is 0 Å². The number of hydrogen-bond acceptors (Lipinski definition) is 5. The summed E-state index contributed by atoms with van der Waals surface area (Å²) in [6.07, 6.45) is 0. The first-order chi connectivity index (χ1) is 13.3. The van der Waals surface area contributed by atoms with E-state index in [1.807, 2.05) is 30.3 Å². The minimum atomic E-state index is -3.44. The summed E-state index contributed by atoms with van der Waals surface area (Å²) in [5, 5.41) is 15.0. The molecule has 0 aliphatic heterocycles. The van der Waals surface area contributed by atoms with Crippen LogP contribution >= 0.6 is 23.4 Å². The minimum Gasteiger partial charge on any atom is -0.506 e. The van der Waals surface area contributed by atoms with E-state index in [-0.39, 0.29) is 33.7 Å². The van der Waals surface area contributed by atoms with Crippen LogP contribution in [0.4, 0.5) is 5.69 Å². The number of rotatable bonds is 6. The van der Waals surface area contributed by atoms with Crippen molar-refractivity contribution in [3.8, 4) is 5.75 Å². The van der Waals surface area contributed by atoms with Gasteiger partial charge in [-0.05, 0) is 35.7 Å². The second-order valence-corrected chi connectivity index (χ2v) is 9.72. The van der Waals surface area contributed by atoms with Gasteiger partial charge < -0.3 is 10.4 Å². The van der Waals surface area contributed by atoms with Crippen LogP contribution in [0.1, 0.15) is 6.92 Å². The summed E-state index contributed by atoms with van der Waals surface area (Å²) in [6.45, 7) is 1.53. The van der Waals surface area contributed by atoms with Crippen molar-refractivity contribution in [1.82, 2.24) is 0 Å². The van der Waals surface area contributed by atoms with Gasteiger partial charge in [-0.25, -0.2) is 8.42 Å². The summed E-state index contributed by atoms with van der Waals surface area (Å²) in [5.74, 6) is -0.547. The third-order valence-corrected chi connectivity index (χ3v) is 7.26. The second kappa shape index (κ2) is 8.43. The van der Waals surface area contributed by atoms with E-state index in [4.69, 9.17) is 11.6 Å². The molecule has 2 N–H and O–H groups in total. The van der Waals surface area contributed by atoms with Gasteiger partial charge in [0.25, 0.3) is 0 Å². The molecular weight excluding hydrogens is 418 g/mol. The lowest BCUT2D eigenvalue weighted by Crippen LogP contribution is -2.15. The molecule has 28 heavy (non-hydrogen) atoms. The van der Waals surface area contributed by atoms with E-state index in [1.54, 1.807) is 6.07 Å². The average molecular weight is 436 g/mol. The van der Waals surface area contributed by atoms with Crippen LogP contribution in [-0.2, 0) is 14.6 Å². The number of fused-ring (bicyclic) bond motifs is 1. The lowest BCUT2D eigenvalue weighted by Gasteiger charge is -2.11. The molecule has 0 spiro atoms. The summed E-state index contributed by atoms with van der Waals surface area (Å²) in [5.41, 5.74) is 0.0658. The Kier molecular flexibility index (Phi) is 6.17. The molecule has 0 fully saturated rings. The Bertz CT molecular complexity index is 1140. The number of anilines is 1. The predicted molar refractivity (Wildman–Crippen MR) is 114 cm³/mol. The number of nitrogens with one attached hydrogen (secondary N) is 1. The number of benzene rings is 3. The number of sulfone groups is 1. The van der Waals surface area contributed by atoms with Crippen molar-refractivity contribution in [2.45, 2.75) is 16.7 Å². The Balaban J connectivity index is 1.77. The first-order valence-electron chi connectivity index (χ1n) is 8.47. The van der Waals surface area contributed by atoms with Crippen molar-refractivity contribution < 1.29 is 18.3 Å². The maximum atomic E-state index is 12.4. The van der Waals surface area contributed by atoms with E-state index in [1.165, 1.54) is 36.9 Å². The van der Waals surface area contributed by atoms with E-state index in [9.17, 15) is 18.3 Å². The molecule has 3 aromatic rings. The fourth-order valence-electron chi connectivity index (χ4n) is 2.69. The van der Waals surface area contributed by atoms with Crippen molar-refractivity contribution >= 4 is 55.6 Å². The molecule has 0 aliphatic rings. The predicted octanol–water partition coefficient (Wildman–Crippen LogP) is 4.72. The molecule has 0 radical (unpaired) electrons. The molecule has 0 bridgehead atoms. The minimum absolute atomic E-state index is 0.0524. The van der Waals surface area contributed by atoms with Crippen LogP contribution in [0.25, 0.3) is 10.8 Å². The molecule has 0 heterocycles. The van der Waals surface area contributed by atoms with Crippen molar-refractivity contribution in [3.63, 3.8) is 0 Å². The van der Waals surface area contributed by atoms with Crippen LogP contribution < -0.4 is 5.32 Å². The van der Waals surface area contributed by atoms with Gasteiger partial charge >= 0.3 is 0 Å². The number of halogens is 1. The highest BCUT2D eigenvalue weighted by Crippen LogP contribution is 2.33. The lowest BCUT2D eigenvalue weighted by atomic mass is 10.1. The highest BCUT2D eigenvalue weighted by molar-refractivity contribution is 8.00. The SMILES string of the molecule is CCS(=O)(=O)c1ccc(O)c(NC(=O)CSc2cccc3cccc(Cl)c23)c1. The van der Waals surface area contributed by atoms with Gasteiger partial charge in [0.15, 0.2) is 9.84 Å². The van der Waals surface area contributed by atoms with Gasteiger partial charge in [0.2, 0.25) is 5.91 Å². The van der Waals surface area contributed by atoms with E-state index >= 15 is 0 Å². The van der Waals surface area contributed by atoms with E-state index in [0.29, 0.717) is 5.02 Å². The topological polar surface area (TPSA) is 83.5 Å². The van der Waals surface area contributed by atoms with Crippen LogP contribution in [0.3, 0.4) is 0 Å². The monoisotopic (exact) mass is 435 g/mol. The Morgan fingerprint density at radius 1 is 1.14 bits per heavy atom. The lowest BCUT2D eigenvalue weighted by molar-refractivity contribution is -0.113. The van der Waals surface area contributed by atoms with E-state index < -0.39 is 9.84 Å². The fourth-order valence-corrected chi connectivity index (χ4v) is 4.84. The molecule has 5 nitrogen and oxygen atoms in total. The number of carbonyl (C=O) groups excluding carboxylic acids is 1. The summed E-state index contributed by atoms with van der Waals surface area (Å²) >= 11 is 7.61. The Hall–Kier alpha value is -2.22. The summed E-state index contributed by atoms with van der Waals surface area (Å²) in [6, 6.07) is 15.2. The maximum Gasteiger partial charge on any atom is 0.234 e. The van der Waals surface area contributed by atoms with Crippen LogP contribution in [-0.4, -0.2) is 30.9 Å². The van der Waals surface area contributed by atoms with Crippen LogP contribution in [0.2, 0.25) is 5.02 Å². The Morgan fingerprint density at radius 3 is 2.57 bits per heavy atom. The normalized spacial score (nSPS) is 11.5. The van der Waals surface area contributed by atoms with Gasteiger partial charge in [-0.3, -0.25) is 4.79 Å². The van der Waals surface area contributed by atoms with Gasteiger partial charge in [-0.2, -0.15) is 0 Å². The smallest absolute Gasteiger partial charge is 0.234 e. The molecule has 3 rings (SSSR count). The third-order valence-electron chi connectivity index (χ3n) is 4.16. The standard InChI is InChI=1S/C20H18ClNO4S2/c1-2-28(25,26)14-9-10-17(23)16(11-14)22-19(24)12-27-18-8-4-6-13-5-3-7-15(21)20(13)18/h3-11,23H,2,12H2,1H3,(H,22,24). The molecule has 8 heteroatoms. The van der Waals surface area contributed by atoms with Crippen LogP contribution in [0.15, 0.2) is 64.4 Å². The van der Waals surface area contributed by atoms with Crippen molar-refractivity contribution in [1.29, 1.82) is 0 Å². The first kappa shape index (κ1) is 20.5. The number of carbonyl (C=O) groups is 1. The van der Waals surface area contributed by atoms with Gasteiger partial charge in [-0.1, -0.05) is 42.8 Å². The molecular formula is C20H18ClNO4S2. The van der Waals surface area contributed by atoms with Crippen LogP contribution in [0, 0.1) is 0 Å². The second-order valence-electron chi connectivity index (χ2n) is 6.01. The number of aromatic hydroxyl groups is 1. The molecule has 0 aromatic heterocycles. The molecule has 0 saturated heterocycles. The van der Waals surface area contributed by atoms with Crippen LogP contribution in [0.5, 0.6) is 5.75 Å². The Labute approximate surface area is 172 Å². The molecule has 0 aliphatic carbocycles. The third kappa shape index (κ3) is 4.43. The van der Waals surface area contributed by atoms with Gasteiger partial charge in [0.1, 0.15) is 5.75 Å².